The molecule has 0 aromatic heterocycles. The number of aliphatic imine (C=N–C) groups is 1. The van der Waals surface area contributed by atoms with Gasteiger partial charge in [0.1, 0.15) is 11.5 Å². The predicted octanol–water partition coefficient (Wildman–Crippen LogP) is 0.709. The second-order valence-corrected chi connectivity index (χ2v) is 3.16. The number of nitrogens with two attached hydrogens (primary N) is 1. The van der Waals surface area contributed by atoms with Crippen molar-refractivity contribution in [2.24, 2.45) is 10.7 Å². The largest absolute Gasteiger partial charge is 0.364 e. The highest BCUT2D eigenvalue weighted by molar-refractivity contribution is 6.01. The van der Waals surface area contributed by atoms with Crippen LogP contribution in [0.4, 0.5) is 0 Å². The van der Waals surface area contributed by atoms with E-state index < -0.39 is 5.91 Å². The summed E-state index contributed by atoms with van der Waals surface area (Å²) in [6.07, 6.45) is 13.1. The number of carbonyl (C=O) groups is 1. The van der Waals surface area contributed by atoms with Crippen LogP contribution >= 0.6 is 0 Å². The van der Waals surface area contributed by atoms with E-state index in [9.17, 15) is 4.79 Å². The summed E-state index contributed by atoms with van der Waals surface area (Å²) in [6, 6.07) is 0. The van der Waals surface area contributed by atoms with Gasteiger partial charge in [-0.15, -0.1) is 0 Å². The summed E-state index contributed by atoms with van der Waals surface area (Å²) in [5.41, 5.74) is 5.49. The Kier molecular flexibility index (Phi) is 2.49. The van der Waals surface area contributed by atoms with Crippen LogP contribution in [0.15, 0.2) is 53.3 Å². The van der Waals surface area contributed by atoms with Crippen molar-refractivity contribution in [1.29, 1.82) is 0 Å². The van der Waals surface area contributed by atoms with E-state index in [-0.39, 0.29) is 0 Å². The van der Waals surface area contributed by atoms with Crippen LogP contribution in [0.3, 0.4) is 0 Å². The normalized spacial score (nSPS) is 25.2. The molecule has 4 heteroatoms. The maximum atomic E-state index is 11.0. The van der Waals surface area contributed by atoms with Crippen LogP contribution in [-0.2, 0) is 4.79 Å². The number of allylic oxidation sites excluding steroid dienone is 4. The van der Waals surface area contributed by atoms with Crippen molar-refractivity contribution in [3.63, 3.8) is 0 Å². The molecule has 1 amide bonds. The molecular formula is C11H11N3O. The van der Waals surface area contributed by atoms with E-state index in [2.05, 4.69) is 4.99 Å². The number of rotatable bonds is 1. The maximum Gasteiger partial charge on any atom is 0.267 e. The molecule has 0 aromatic carbocycles. The number of amidine groups is 1. The number of primary amides is 1. The molecule has 0 radical (unpaired) electrons. The minimum absolute atomic E-state index is 0.323. The smallest absolute Gasteiger partial charge is 0.267 e. The zero-order valence-corrected chi connectivity index (χ0v) is 8.13. The lowest BCUT2D eigenvalue weighted by atomic mass is 10.2. The number of fused-ring (bicyclic) bond motifs is 1. The quantitative estimate of drug-likeness (QED) is 0.679. The Balaban J connectivity index is 2.33. The first-order valence-corrected chi connectivity index (χ1v) is 4.64. The standard InChI is InChI=1S/C11H11N3O/c12-11(15)9-6-8-14-7-4-2-1-3-5-10(14)13-9/h1-7H,8H2,(H2,12,15)/b2-1-,5-3-,7-4-. The van der Waals surface area contributed by atoms with Gasteiger partial charge in [0.25, 0.3) is 5.91 Å². The van der Waals surface area contributed by atoms with Gasteiger partial charge < -0.3 is 10.6 Å². The minimum atomic E-state index is -0.489. The summed E-state index contributed by atoms with van der Waals surface area (Å²) < 4.78 is 0. The first kappa shape index (κ1) is 9.45. The molecule has 2 heterocycles. The first-order valence-electron chi connectivity index (χ1n) is 4.64. The van der Waals surface area contributed by atoms with Crippen molar-refractivity contribution in [3.8, 4) is 0 Å². The Hall–Kier alpha value is -2.10. The average Bonchev–Trinajstić information content (AvgIpc) is 2.18. The van der Waals surface area contributed by atoms with Crippen LogP contribution in [0.2, 0.25) is 0 Å². The molecule has 15 heavy (non-hydrogen) atoms. The van der Waals surface area contributed by atoms with Gasteiger partial charge in [0, 0.05) is 12.7 Å². The molecule has 0 unspecified atom stereocenters. The zero-order chi connectivity index (χ0) is 10.7. The fourth-order valence-electron chi connectivity index (χ4n) is 1.36. The van der Waals surface area contributed by atoms with E-state index in [0.717, 1.165) is 5.84 Å². The number of amides is 1. The monoisotopic (exact) mass is 201 g/mol. The van der Waals surface area contributed by atoms with Crippen LogP contribution in [0.1, 0.15) is 0 Å². The number of nitrogens with zero attached hydrogens (tertiary/aromatic N) is 2. The Bertz CT molecular complexity index is 427. The van der Waals surface area contributed by atoms with Gasteiger partial charge in [0.2, 0.25) is 0 Å². The van der Waals surface area contributed by atoms with Crippen molar-refractivity contribution >= 4 is 11.7 Å². The second kappa shape index (κ2) is 3.96. The third-order valence-corrected chi connectivity index (χ3v) is 2.11. The fraction of sp³-hybridized carbons (Fsp3) is 0.0909. The summed E-state index contributed by atoms with van der Waals surface area (Å²) in [4.78, 5) is 17.1. The molecule has 0 saturated carbocycles. The van der Waals surface area contributed by atoms with Crippen molar-refractivity contribution in [1.82, 2.24) is 4.90 Å². The zero-order valence-electron chi connectivity index (χ0n) is 8.13. The van der Waals surface area contributed by atoms with Crippen LogP contribution in [0.5, 0.6) is 0 Å². The molecule has 4 nitrogen and oxygen atoms in total. The van der Waals surface area contributed by atoms with Gasteiger partial charge in [0.15, 0.2) is 0 Å². The fourth-order valence-corrected chi connectivity index (χ4v) is 1.36. The van der Waals surface area contributed by atoms with Crippen molar-refractivity contribution in [2.75, 3.05) is 6.54 Å². The molecule has 2 aliphatic heterocycles. The lowest BCUT2D eigenvalue weighted by Crippen LogP contribution is -2.30. The Morgan fingerprint density at radius 2 is 2.13 bits per heavy atom. The van der Waals surface area contributed by atoms with E-state index >= 15 is 0 Å². The van der Waals surface area contributed by atoms with Crippen LogP contribution in [-0.4, -0.2) is 23.2 Å². The van der Waals surface area contributed by atoms with E-state index in [1.54, 1.807) is 6.08 Å². The van der Waals surface area contributed by atoms with E-state index in [1.165, 1.54) is 0 Å². The minimum Gasteiger partial charge on any atom is -0.364 e. The highest BCUT2D eigenvalue weighted by atomic mass is 16.1. The molecule has 0 saturated heterocycles. The lowest BCUT2D eigenvalue weighted by Gasteiger charge is -2.22. The van der Waals surface area contributed by atoms with E-state index in [4.69, 9.17) is 5.73 Å². The summed E-state index contributed by atoms with van der Waals surface area (Å²) >= 11 is 0. The topological polar surface area (TPSA) is 58.7 Å². The third kappa shape index (κ3) is 2.04. The molecule has 0 bridgehead atoms. The van der Waals surface area contributed by atoms with Gasteiger partial charge in [-0.2, -0.15) is 0 Å². The highest BCUT2D eigenvalue weighted by Gasteiger charge is 2.14. The number of hydrogen-bond acceptors (Lipinski definition) is 3. The molecule has 0 atom stereocenters. The molecule has 2 N–H and O–H groups in total. The first-order chi connectivity index (χ1) is 7.27. The molecule has 0 aromatic rings. The van der Waals surface area contributed by atoms with Gasteiger partial charge >= 0.3 is 0 Å². The van der Waals surface area contributed by atoms with Gasteiger partial charge in [-0.05, 0) is 18.2 Å². The Labute approximate surface area is 87.8 Å². The van der Waals surface area contributed by atoms with Crippen molar-refractivity contribution in [3.05, 3.63) is 48.4 Å². The average molecular weight is 201 g/mol. The van der Waals surface area contributed by atoms with Gasteiger partial charge in [-0.3, -0.25) is 4.79 Å². The van der Waals surface area contributed by atoms with Crippen LogP contribution in [0.25, 0.3) is 0 Å². The number of carbonyl (C=O) groups excluding carboxylic acids is 1. The molecule has 2 rings (SSSR count). The van der Waals surface area contributed by atoms with Crippen molar-refractivity contribution in [2.45, 2.75) is 0 Å². The van der Waals surface area contributed by atoms with Gasteiger partial charge in [-0.25, -0.2) is 4.99 Å². The number of hydrogen-bond donors (Lipinski definition) is 1. The molecular weight excluding hydrogens is 190 g/mol. The molecule has 0 fully saturated rings. The molecule has 0 spiro atoms. The van der Waals surface area contributed by atoms with Crippen LogP contribution < -0.4 is 5.73 Å². The Morgan fingerprint density at radius 3 is 2.93 bits per heavy atom. The summed E-state index contributed by atoms with van der Waals surface area (Å²) in [5.74, 6) is 0.240. The maximum absolute atomic E-state index is 11.0. The molecule has 2 aliphatic rings. The van der Waals surface area contributed by atoms with Crippen LogP contribution in [0, 0.1) is 0 Å². The van der Waals surface area contributed by atoms with E-state index in [1.807, 2.05) is 41.5 Å². The van der Waals surface area contributed by atoms with Crippen molar-refractivity contribution < 1.29 is 4.79 Å². The SMILES string of the molecule is NC(=O)C1=CCN2\C=C/C=C\C=C/C2=N1. The predicted molar refractivity (Wildman–Crippen MR) is 58.8 cm³/mol. The summed E-state index contributed by atoms with van der Waals surface area (Å²) in [6.45, 7) is 0.617. The van der Waals surface area contributed by atoms with E-state index in [0.29, 0.717) is 12.2 Å². The van der Waals surface area contributed by atoms with Gasteiger partial charge in [0.05, 0.1) is 0 Å². The Morgan fingerprint density at radius 1 is 1.33 bits per heavy atom. The molecule has 76 valence electrons. The second-order valence-electron chi connectivity index (χ2n) is 3.16. The highest BCUT2D eigenvalue weighted by Crippen LogP contribution is 2.10. The summed E-state index contributed by atoms with van der Waals surface area (Å²) in [7, 11) is 0. The molecule has 0 aliphatic carbocycles. The van der Waals surface area contributed by atoms with Gasteiger partial charge in [-0.1, -0.05) is 18.2 Å². The summed E-state index contributed by atoms with van der Waals surface area (Å²) in [5, 5.41) is 0. The lowest BCUT2D eigenvalue weighted by molar-refractivity contribution is -0.114. The third-order valence-electron chi connectivity index (χ3n) is 2.11.